The SMILES string of the molecule is CNCC(O)COc1cccc(-c2nc(C[C@@H]3CCOC3)c(C)c(-c3ccnc(N(C)C)c3)n2)c1. The van der Waals surface area contributed by atoms with Gasteiger partial charge < -0.3 is 24.8 Å². The second-order valence-electron chi connectivity index (χ2n) is 9.25. The van der Waals surface area contributed by atoms with Gasteiger partial charge in [-0.05, 0) is 62.6 Å². The molecule has 0 bridgehead atoms. The van der Waals surface area contributed by atoms with E-state index in [-0.39, 0.29) is 6.61 Å². The van der Waals surface area contributed by atoms with Crippen LogP contribution in [0.5, 0.6) is 5.75 Å². The molecule has 3 aromatic rings. The molecule has 4 rings (SSSR count). The maximum atomic E-state index is 9.99. The van der Waals surface area contributed by atoms with Crippen molar-refractivity contribution in [3.05, 3.63) is 53.9 Å². The fraction of sp³-hybridized carbons (Fsp3) is 0.444. The number of pyridine rings is 1. The van der Waals surface area contributed by atoms with Crippen molar-refractivity contribution < 1.29 is 14.6 Å². The minimum Gasteiger partial charge on any atom is -0.491 e. The molecule has 8 nitrogen and oxygen atoms in total. The van der Waals surface area contributed by atoms with Crippen LogP contribution in [0.1, 0.15) is 17.7 Å². The monoisotopic (exact) mass is 477 g/mol. The molecule has 2 N–H and O–H groups in total. The number of anilines is 1. The van der Waals surface area contributed by atoms with Crippen LogP contribution in [-0.2, 0) is 11.2 Å². The Hall–Kier alpha value is -3.07. The van der Waals surface area contributed by atoms with Crippen molar-refractivity contribution in [3.63, 3.8) is 0 Å². The van der Waals surface area contributed by atoms with Crippen LogP contribution in [0.15, 0.2) is 42.6 Å². The zero-order chi connectivity index (χ0) is 24.8. The highest BCUT2D eigenvalue weighted by Crippen LogP contribution is 2.31. The van der Waals surface area contributed by atoms with Gasteiger partial charge in [-0.15, -0.1) is 0 Å². The maximum absolute atomic E-state index is 9.99. The Labute approximate surface area is 207 Å². The summed E-state index contributed by atoms with van der Waals surface area (Å²) in [4.78, 5) is 16.5. The van der Waals surface area contributed by atoms with Gasteiger partial charge in [0.15, 0.2) is 5.82 Å². The van der Waals surface area contributed by atoms with E-state index < -0.39 is 6.10 Å². The summed E-state index contributed by atoms with van der Waals surface area (Å²) in [5.74, 6) is 2.67. The lowest BCUT2D eigenvalue weighted by molar-refractivity contribution is 0.108. The molecular weight excluding hydrogens is 442 g/mol. The molecule has 1 fully saturated rings. The summed E-state index contributed by atoms with van der Waals surface area (Å²) in [6.45, 7) is 4.36. The highest BCUT2D eigenvalue weighted by atomic mass is 16.5. The highest BCUT2D eigenvalue weighted by Gasteiger charge is 2.21. The van der Waals surface area contributed by atoms with Crippen LogP contribution in [0, 0.1) is 12.8 Å². The number of rotatable bonds is 10. The molecule has 0 spiro atoms. The van der Waals surface area contributed by atoms with Gasteiger partial charge >= 0.3 is 0 Å². The largest absolute Gasteiger partial charge is 0.491 e. The van der Waals surface area contributed by atoms with E-state index in [1.807, 2.05) is 55.5 Å². The van der Waals surface area contributed by atoms with E-state index in [0.29, 0.717) is 24.0 Å². The second-order valence-corrected chi connectivity index (χ2v) is 9.25. The van der Waals surface area contributed by atoms with Crippen molar-refractivity contribution in [3.8, 4) is 28.4 Å². The molecule has 35 heavy (non-hydrogen) atoms. The number of hydrogen-bond donors (Lipinski definition) is 2. The average Bonchev–Trinajstić information content (AvgIpc) is 3.37. The average molecular weight is 478 g/mol. The van der Waals surface area contributed by atoms with Crippen LogP contribution in [0.2, 0.25) is 0 Å². The minimum absolute atomic E-state index is 0.210. The van der Waals surface area contributed by atoms with Crippen LogP contribution >= 0.6 is 0 Å². The predicted molar refractivity (Wildman–Crippen MR) is 138 cm³/mol. The van der Waals surface area contributed by atoms with Crippen LogP contribution in [-0.4, -0.2) is 73.7 Å². The van der Waals surface area contributed by atoms with Crippen molar-refractivity contribution in [1.29, 1.82) is 0 Å². The fourth-order valence-electron chi connectivity index (χ4n) is 4.21. The number of benzene rings is 1. The molecule has 1 unspecified atom stereocenters. The van der Waals surface area contributed by atoms with Gasteiger partial charge in [-0.1, -0.05) is 12.1 Å². The number of ether oxygens (including phenoxy) is 2. The third-order valence-corrected chi connectivity index (χ3v) is 6.20. The Balaban J connectivity index is 1.72. The number of nitrogens with zero attached hydrogens (tertiary/aromatic N) is 4. The second kappa shape index (κ2) is 11.6. The van der Waals surface area contributed by atoms with Gasteiger partial charge in [0.25, 0.3) is 0 Å². The van der Waals surface area contributed by atoms with Gasteiger partial charge in [0.1, 0.15) is 24.3 Å². The molecule has 3 heterocycles. The third-order valence-electron chi connectivity index (χ3n) is 6.20. The number of hydrogen-bond acceptors (Lipinski definition) is 8. The number of aromatic nitrogens is 3. The number of nitrogens with one attached hydrogen (secondary N) is 1. The quantitative estimate of drug-likeness (QED) is 0.460. The lowest BCUT2D eigenvalue weighted by atomic mass is 9.97. The molecule has 0 aliphatic carbocycles. The Bertz CT molecular complexity index is 1130. The standard InChI is InChI=1S/C27H35N5O3/c1-18-24(12-19-9-11-34-16-19)30-27(31-26(18)20-8-10-29-25(14-20)32(3)4)21-6-5-7-23(13-21)35-17-22(33)15-28-2/h5-8,10,13-14,19,22,28,33H,9,11-12,15-17H2,1-4H3/t19-,22?/m0/s1. The van der Waals surface area contributed by atoms with Crippen molar-refractivity contribution in [2.24, 2.45) is 5.92 Å². The summed E-state index contributed by atoms with van der Waals surface area (Å²) in [6, 6.07) is 11.8. The molecule has 2 aromatic heterocycles. The maximum Gasteiger partial charge on any atom is 0.160 e. The molecule has 0 amide bonds. The van der Waals surface area contributed by atoms with Gasteiger partial charge in [-0.25, -0.2) is 15.0 Å². The van der Waals surface area contributed by atoms with E-state index in [9.17, 15) is 5.11 Å². The van der Waals surface area contributed by atoms with Crippen LogP contribution in [0.3, 0.4) is 0 Å². The third kappa shape index (κ3) is 6.33. The fourth-order valence-corrected chi connectivity index (χ4v) is 4.21. The van der Waals surface area contributed by atoms with Crippen molar-refractivity contribution in [2.45, 2.75) is 25.9 Å². The molecule has 2 atom stereocenters. The van der Waals surface area contributed by atoms with E-state index in [0.717, 1.165) is 60.0 Å². The van der Waals surface area contributed by atoms with E-state index in [4.69, 9.17) is 19.4 Å². The summed E-state index contributed by atoms with van der Waals surface area (Å²) in [6.07, 6.45) is 3.14. The van der Waals surface area contributed by atoms with Crippen molar-refractivity contribution in [2.75, 3.05) is 52.4 Å². The predicted octanol–water partition coefficient (Wildman–Crippen LogP) is 3.12. The van der Waals surface area contributed by atoms with E-state index >= 15 is 0 Å². The summed E-state index contributed by atoms with van der Waals surface area (Å²) >= 11 is 0. The Kier molecular flexibility index (Phi) is 8.28. The number of likely N-dealkylation sites (N-methyl/N-ethyl adjacent to an activating group) is 1. The molecule has 0 saturated carbocycles. The smallest absolute Gasteiger partial charge is 0.160 e. The molecule has 0 radical (unpaired) electrons. The highest BCUT2D eigenvalue weighted by molar-refractivity contribution is 5.70. The normalized spacial score (nSPS) is 16.3. The van der Waals surface area contributed by atoms with Gasteiger partial charge in [0.2, 0.25) is 0 Å². The number of aliphatic hydroxyl groups is 1. The van der Waals surface area contributed by atoms with Crippen LogP contribution in [0.4, 0.5) is 5.82 Å². The molecule has 8 heteroatoms. The number of aliphatic hydroxyl groups excluding tert-OH is 1. The van der Waals surface area contributed by atoms with Crippen LogP contribution in [0.25, 0.3) is 22.6 Å². The Morgan fingerprint density at radius 2 is 2.06 bits per heavy atom. The minimum atomic E-state index is -0.580. The van der Waals surface area contributed by atoms with Gasteiger partial charge in [-0.2, -0.15) is 0 Å². The molecular formula is C27H35N5O3. The first-order chi connectivity index (χ1) is 16.9. The summed E-state index contributed by atoms with van der Waals surface area (Å²) in [5, 5.41) is 12.9. The molecule has 186 valence electrons. The Morgan fingerprint density at radius 1 is 1.20 bits per heavy atom. The molecule has 1 aliphatic rings. The van der Waals surface area contributed by atoms with Gasteiger partial charge in [-0.3, -0.25) is 0 Å². The Morgan fingerprint density at radius 3 is 2.80 bits per heavy atom. The summed E-state index contributed by atoms with van der Waals surface area (Å²) in [7, 11) is 5.76. The van der Waals surface area contributed by atoms with Crippen molar-refractivity contribution >= 4 is 5.82 Å². The molecule has 1 aromatic carbocycles. The summed E-state index contributed by atoms with van der Waals surface area (Å²) < 4.78 is 11.4. The van der Waals surface area contributed by atoms with Crippen molar-refractivity contribution in [1.82, 2.24) is 20.3 Å². The van der Waals surface area contributed by atoms with E-state index in [1.165, 1.54) is 0 Å². The topological polar surface area (TPSA) is 92.6 Å². The lowest BCUT2D eigenvalue weighted by Crippen LogP contribution is -2.29. The van der Waals surface area contributed by atoms with Crippen LogP contribution < -0.4 is 15.0 Å². The zero-order valence-corrected chi connectivity index (χ0v) is 21.0. The molecule has 1 aliphatic heterocycles. The first kappa shape index (κ1) is 25.0. The van der Waals surface area contributed by atoms with E-state index in [1.54, 1.807) is 7.05 Å². The summed E-state index contributed by atoms with van der Waals surface area (Å²) in [5.41, 5.74) is 4.91. The van der Waals surface area contributed by atoms with Gasteiger partial charge in [0.05, 0.1) is 5.69 Å². The van der Waals surface area contributed by atoms with Gasteiger partial charge in [0, 0.05) is 56.9 Å². The first-order valence-electron chi connectivity index (χ1n) is 12.1. The zero-order valence-electron chi connectivity index (χ0n) is 21.0. The van der Waals surface area contributed by atoms with E-state index in [2.05, 4.69) is 23.3 Å². The first-order valence-corrected chi connectivity index (χ1v) is 12.1. The lowest BCUT2D eigenvalue weighted by Gasteiger charge is -2.17. The molecule has 1 saturated heterocycles.